The molecule has 2 heterocycles. The Morgan fingerprint density at radius 3 is 2.38 bits per heavy atom. The van der Waals surface area contributed by atoms with Gasteiger partial charge in [-0.25, -0.2) is 8.42 Å². The number of amides is 1. The van der Waals surface area contributed by atoms with Crippen LogP contribution in [-0.2, 0) is 23.6 Å². The zero-order valence-electron chi connectivity index (χ0n) is 23.6. The number of hydrogen-bond acceptors (Lipinski definition) is 5. The van der Waals surface area contributed by atoms with Crippen molar-refractivity contribution in [2.24, 2.45) is 18.9 Å². The second-order valence-corrected chi connectivity index (χ2v) is 13.2. The van der Waals surface area contributed by atoms with E-state index < -0.39 is 21.4 Å². The molecule has 2 unspecified atom stereocenters. The van der Waals surface area contributed by atoms with Gasteiger partial charge >= 0.3 is 0 Å². The van der Waals surface area contributed by atoms with Crippen molar-refractivity contribution >= 4 is 26.8 Å². The molecule has 0 bridgehead atoms. The number of nitrogens with zero attached hydrogens (tertiary/aromatic N) is 3. The van der Waals surface area contributed by atoms with Crippen molar-refractivity contribution in [1.82, 2.24) is 19.1 Å². The number of carbonyl (C=O) groups excluding carboxylic acids is 1. The lowest BCUT2D eigenvalue weighted by molar-refractivity contribution is 0.0942. The normalized spacial score (nSPS) is 18.6. The summed E-state index contributed by atoms with van der Waals surface area (Å²) in [4.78, 5) is 28.9. The highest BCUT2D eigenvalue weighted by atomic mass is 32.2. The molecule has 39 heavy (non-hydrogen) atoms. The highest BCUT2D eigenvalue weighted by Crippen LogP contribution is 2.28. The lowest BCUT2D eigenvalue weighted by Crippen LogP contribution is -2.42. The van der Waals surface area contributed by atoms with E-state index >= 15 is 0 Å². The Balaban J connectivity index is 1.54. The van der Waals surface area contributed by atoms with Crippen LogP contribution in [0.3, 0.4) is 0 Å². The predicted octanol–water partition coefficient (Wildman–Crippen LogP) is 3.85. The molecule has 0 saturated carbocycles. The Hall–Kier alpha value is -3.01. The minimum absolute atomic E-state index is 0.000999. The minimum atomic E-state index is -3.76. The van der Waals surface area contributed by atoms with Gasteiger partial charge in [0.2, 0.25) is 15.5 Å². The molecule has 0 radical (unpaired) electrons. The summed E-state index contributed by atoms with van der Waals surface area (Å²) in [6.45, 7) is 11.0. The standard InChI is InChI=1S/C30H40N4O4S/c1-21(2)33(19-24-9-7-6-8-10-24)14-13-31-30(36)27-20-32(5)28-12-11-25(16-26(28)29(27)35)39(37,38)34-17-22(3)15-23(4)18-34/h6-12,16,20-23H,13-15,17-19H2,1-5H3,(H,31,36). The first kappa shape index (κ1) is 29.0. The third-order valence-electron chi connectivity index (χ3n) is 7.52. The number of benzene rings is 2. The fraction of sp³-hybridized carbons (Fsp3) is 0.467. The van der Waals surface area contributed by atoms with Crippen LogP contribution in [0.15, 0.2) is 64.4 Å². The molecule has 8 nitrogen and oxygen atoms in total. The number of aromatic nitrogens is 1. The smallest absolute Gasteiger partial charge is 0.256 e. The van der Waals surface area contributed by atoms with Crippen LogP contribution in [0.4, 0.5) is 0 Å². The number of sulfonamides is 1. The maximum absolute atomic E-state index is 13.5. The van der Waals surface area contributed by atoms with Crippen molar-refractivity contribution in [3.05, 3.63) is 76.1 Å². The van der Waals surface area contributed by atoms with Crippen LogP contribution in [0.25, 0.3) is 10.9 Å². The SMILES string of the molecule is CC1CC(C)CN(S(=O)(=O)c2ccc3c(c2)c(=O)c(C(=O)NCCN(Cc2ccccc2)C(C)C)cn3C)C1. The molecule has 1 aromatic heterocycles. The molecule has 2 atom stereocenters. The third kappa shape index (κ3) is 6.59. The highest BCUT2D eigenvalue weighted by Gasteiger charge is 2.32. The zero-order valence-corrected chi connectivity index (χ0v) is 24.4. The first-order valence-corrected chi connectivity index (χ1v) is 15.1. The molecule has 210 valence electrons. The number of aryl methyl sites for hydroxylation is 1. The first-order chi connectivity index (χ1) is 18.5. The number of hydrogen-bond donors (Lipinski definition) is 1. The summed E-state index contributed by atoms with van der Waals surface area (Å²) in [5, 5.41) is 3.11. The topological polar surface area (TPSA) is 91.7 Å². The van der Waals surface area contributed by atoms with E-state index in [9.17, 15) is 18.0 Å². The molecule has 1 N–H and O–H groups in total. The maximum Gasteiger partial charge on any atom is 0.256 e. The van der Waals surface area contributed by atoms with Crippen molar-refractivity contribution in [2.45, 2.75) is 51.6 Å². The molecule has 3 aromatic rings. The van der Waals surface area contributed by atoms with Gasteiger partial charge < -0.3 is 9.88 Å². The van der Waals surface area contributed by atoms with E-state index in [1.54, 1.807) is 23.7 Å². The van der Waals surface area contributed by atoms with Crippen LogP contribution in [-0.4, -0.2) is 60.3 Å². The van der Waals surface area contributed by atoms with Gasteiger partial charge in [-0.05, 0) is 55.9 Å². The Morgan fingerprint density at radius 2 is 1.74 bits per heavy atom. The molecule has 1 aliphatic rings. The van der Waals surface area contributed by atoms with Gasteiger partial charge in [-0.1, -0.05) is 44.2 Å². The number of nitrogens with one attached hydrogen (secondary N) is 1. The lowest BCUT2D eigenvalue weighted by atomic mass is 9.94. The van der Waals surface area contributed by atoms with Crippen molar-refractivity contribution in [3.8, 4) is 0 Å². The van der Waals surface area contributed by atoms with Gasteiger partial charge in [0.15, 0.2) is 0 Å². The summed E-state index contributed by atoms with van der Waals surface area (Å²) >= 11 is 0. The Bertz CT molecular complexity index is 1470. The molecule has 9 heteroatoms. The van der Waals surface area contributed by atoms with E-state index in [2.05, 4.69) is 50.0 Å². The van der Waals surface area contributed by atoms with E-state index in [4.69, 9.17) is 0 Å². The van der Waals surface area contributed by atoms with Crippen molar-refractivity contribution < 1.29 is 13.2 Å². The number of pyridine rings is 1. The molecule has 0 aliphatic carbocycles. The van der Waals surface area contributed by atoms with E-state index in [1.807, 2.05) is 18.2 Å². The molecule has 1 amide bonds. The predicted molar refractivity (Wildman–Crippen MR) is 155 cm³/mol. The van der Waals surface area contributed by atoms with Gasteiger partial charge in [0.05, 0.1) is 10.4 Å². The summed E-state index contributed by atoms with van der Waals surface area (Å²) in [6, 6.07) is 15.1. The van der Waals surface area contributed by atoms with E-state index in [0.29, 0.717) is 31.7 Å². The van der Waals surface area contributed by atoms with Gasteiger partial charge in [-0.2, -0.15) is 4.31 Å². The van der Waals surface area contributed by atoms with Gasteiger partial charge in [0.25, 0.3) is 5.91 Å². The Kier molecular flexibility index (Phi) is 8.93. The van der Waals surface area contributed by atoms with Crippen LogP contribution in [0, 0.1) is 11.8 Å². The van der Waals surface area contributed by atoms with E-state index in [-0.39, 0.29) is 33.7 Å². The van der Waals surface area contributed by atoms with Crippen LogP contribution < -0.4 is 10.7 Å². The summed E-state index contributed by atoms with van der Waals surface area (Å²) in [6.07, 6.45) is 2.51. The van der Waals surface area contributed by atoms with Crippen LogP contribution in [0.5, 0.6) is 0 Å². The van der Waals surface area contributed by atoms with Crippen LogP contribution in [0.2, 0.25) is 0 Å². The minimum Gasteiger partial charge on any atom is -0.351 e. The average Bonchev–Trinajstić information content (AvgIpc) is 2.89. The van der Waals surface area contributed by atoms with E-state index in [0.717, 1.165) is 13.0 Å². The molecular formula is C30H40N4O4S. The molecule has 1 fully saturated rings. The molecule has 2 aromatic carbocycles. The van der Waals surface area contributed by atoms with Gasteiger partial charge in [-0.3, -0.25) is 14.5 Å². The summed E-state index contributed by atoms with van der Waals surface area (Å²) < 4.78 is 30.1. The van der Waals surface area contributed by atoms with Gasteiger partial charge in [0.1, 0.15) is 5.56 Å². The molecule has 1 aliphatic heterocycles. The second kappa shape index (κ2) is 12.0. The fourth-order valence-electron chi connectivity index (χ4n) is 5.49. The van der Waals surface area contributed by atoms with Crippen molar-refractivity contribution in [1.29, 1.82) is 0 Å². The quantitative estimate of drug-likeness (QED) is 0.436. The highest BCUT2D eigenvalue weighted by molar-refractivity contribution is 7.89. The monoisotopic (exact) mass is 552 g/mol. The summed E-state index contributed by atoms with van der Waals surface area (Å²) in [5.74, 6) is 0.0748. The fourth-order valence-corrected chi connectivity index (χ4v) is 7.20. The van der Waals surface area contributed by atoms with Crippen LogP contribution >= 0.6 is 0 Å². The van der Waals surface area contributed by atoms with Gasteiger partial charge in [-0.15, -0.1) is 0 Å². The largest absolute Gasteiger partial charge is 0.351 e. The third-order valence-corrected chi connectivity index (χ3v) is 9.35. The average molecular weight is 553 g/mol. The number of rotatable bonds is 9. The molecule has 0 spiro atoms. The zero-order chi connectivity index (χ0) is 28.3. The summed E-state index contributed by atoms with van der Waals surface area (Å²) in [5.41, 5.74) is 1.30. The maximum atomic E-state index is 13.5. The van der Waals surface area contributed by atoms with Crippen molar-refractivity contribution in [2.75, 3.05) is 26.2 Å². The van der Waals surface area contributed by atoms with Crippen molar-refractivity contribution in [3.63, 3.8) is 0 Å². The number of carbonyl (C=O) groups is 1. The van der Waals surface area contributed by atoms with Crippen LogP contribution in [0.1, 0.15) is 50.0 Å². The number of piperidine rings is 1. The molecular weight excluding hydrogens is 512 g/mol. The Morgan fingerprint density at radius 1 is 1.08 bits per heavy atom. The molecule has 1 saturated heterocycles. The van der Waals surface area contributed by atoms with Gasteiger partial charge in [0, 0.05) is 57.4 Å². The second-order valence-electron chi connectivity index (χ2n) is 11.2. The number of fused-ring (bicyclic) bond motifs is 1. The summed E-state index contributed by atoms with van der Waals surface area (Å²) in [7, 11) is -2.01. The Labute approximate surface area is 231 Å². The van der Waals surface area contributed by atoms with E-state index in [1.165, 1.54) is 22.1 Å². The molecule has 4 rings (SSSR count). The first-order valence-electron chi connectivity index (χ1n) is 13.7. The lowest BCUT2D eigenvalue weighted by Gasteiger charge is -2.34.